The number of amides is 1. The van der Waals surface area contributed by atoms with E-state index in [-0.39, 0.29) is 12.0 Å². The fourth-order valence-corrected chi connectivity index (χ4v) is 2.67. The van der Waals surface area contributed by atoms with Crippen molar-refractivity contribution in [3.8, 4) is 11.1 Å². The molecule has 0 spiro atoms. The Kier molecular flexibility index (Phi) is 4.57. The molecule has 3 rings (SSSR count). The first-order valence-corrected chi connectivity index (χ1v) is 7.86. The van der Waals surface area contributed by atoms with Gasteiger partial charge in [0.05, 0.1) is 6.10 Å². The number of ether oxygens (including phenoxy) is 1. The molecular formula is C18H21N3O2. The second-order valence-corrected chi connectivity index (χ2v) is 5.85. The van der Waals surface area contributed by atoms with E-state index in [2.05, 4.69) is 10.3 Å². The Morgan fingerprint density at radius 1 is 1.35 bits per heavy atom. The molecule has 1 atom stereocenters. The van der Waals surface area contributed by atoms with Crippen LogP contribution >= 0.6 is 0 Å². The fraction of sp³-hybridized carbons (Fsp3) is 0.333. The zero-order valence-corrected chi connectivity index (χ0v) is 13.2. The van der Waals surface area contributed by atoms with Gasteiger partial charge in [-0.25, -0.2) is 4.98 Å². The predicted molar refractivity (Wildman–Crippen MR) is 90.1 cm³/mol. The largest absolute Gasteiger partial charge is 0.383 e. The van der Waals surface area contributed by atoms with Crippen molar-refractivity contribution < 1.29 is 9.53 Å². The Balaban J connectivity index is 1.66. The third-order valence-electron chi connectivity index (χ3n) is 4.11. The molecule has 0 unspecified atom stereocenters. The van der Waals surface area contributed by atoms with Gasteiger partial charge in [-0.3, -0.25) is 4.79 Å². The number of nitrogens with one attached hydrogen (secondary N) is 1. The lowest BCUT2D eigenvalue weighted by molar-refractivity contribution is 0.0858. The summed E-state index contributed by atoms with van der Waals surface area (Å²) in [4.78, 5) is 16.3. The van der Waals surface area contributed by atoms with Crippen LogP contribution in [0.15, 0.2) is 36.5 Å². The zero-order valence-electron chi connectivity index (χ0n) is 13.2. The quantitative estimate of drug-likeness (QED) is 0.909. The molecule has 3 N–H and O–H groups in total. The summed E-state index contributed by atoms with van der Waals surface area (Å²) in [5.41, 5.74) is 9.33. The molecule has 0 bridgehead atoms. The number of rotatable bonds is 4. The summed E-state index contributed by atoms with van der Waals surface area (Å²) in [5.74, 6) is 0.470. The summed E-state index contributed by atoms with van der Waals surface area (Å²) in [6, 6.07) is 9.49. The van der Waals surface area contributed by atoms with Gasteiger partial charge < -0.3 is 15.8 Å². The van der Waals surface area contributed by atoms with Gasteiger partial charge in [-0.1, -0.05) is 12.1 Å². The normalized spacial score (nSPS) is 17.2. The Morgan fingerprint density at radius 2 is 2.13 bits per heavy atom. The summed E-state index contributed by atoms with van der Waals surface area (Å²) in [7, 11) is 0. The molecule has 1 aromatic carbocycles. The molecule has 1 aliphatic rings. The highest BCUT2D eigenvalue weighted by molar-refractivity contribution is 5.94. The standard InChI is InChI=1S/C18H21N3O2/c1-12-9-15(10-20-17(12)19)13-4-6-14(7-5-13)18(22)21-11-16-3-2-8-23-16/h4-7,9-10,16H,2-3,8,11H2,1H3,(H2,19,20)(H,21,22)/t16-/m1/s1. The highest BCUT2D eigenvalue weighted by Gasteiger charge is 2.16. The Morgan fingerprint density at radius 3 is 2.78 bits per heavy atom. The van der Waals surface area contributed by atoms with Crippen molar-refractivity contribution in [3.63, 3.8) is 0 Å². The minimum absolute atomic E-state index is 0.0707. The lowest BCUT2D eigenvalue weighted by Gasteiger charge is -2.11. The molecule has 2 aromatic rings. The van der Waals surface area contributed by atoms with Gasteiger partial charge in [0.25, 0.3) is 5.91 Å². The molecule has 5 nitrogen and oxygen atoms in total. The van der Waals surface area contributed by atoms with E-state index in [1.54, 1.807) is 6.20 Å². The molecule has 1 saturated heterocycles. The van der Waals surface area contributed by atoms with Crippen LogP contribution in [0.5, 0.6) is 0 Å². The molecule has 0 radical (unpaired) electrons. The Bertz CT molecular complexity index is 692. The smallest absolute Gasteiger partial charge is 0.251 e. The number of aromatic nitrogens is 1. The number of nitrogens with two attached hydrogens (primary N) is 1. The van der Waals surface area contributed by atoms with Crippen LogP contribution in [0.1, 0.15) is 28.8 Å². The Hall–Kier alpha value is -2.40. The maximum absolute atomic E-state index is 12.2. The average molecular weight is 311 g/mol. The second-order valence-electron chi connectivity index (χ2n) is 5.85. The van der Waals surface area contributed by atoms with Crippen LogP contribution in [0, 0.1) is 6.92 Å². The van der Waals surface area contributed by atoms with Crippen LogP contribution in [0.2, 0.25) is 0 Å². The molecule has 0 saturated carbocycles. The molecule has 23 heavy (non-hydrogen) atoms. The lowest BCUT2D eigenvalue weighted by atomic mass is 10.0. The number of hydrogen-bond acceptors (Lipinski definition) is 4. The molecular weight excluding hydrogens is 290 g/mol. The summed E-state index contributed by atoms with van der Waals surface area (Å²) in [6.45, 7) is 3.30. The van der Waals surface area contributed by atoms with Crippen molar-refractivity contribution in [3.05, 3.63) is 47.7 Å². The molecule has 0 aliphatic carbocycles. The fourth-order valence-electron chi connectivity index (χ4n) is 2.67. The van der Waals surface area contributed by atoms with Crippen LogP contribution in [-0.4, -0.2) is 30.1 Å². The number of nitrogen functional groups attached to an aromatic ring is 1. The first-order chi connectivity index (χ1) is 11.1. The second kappa shape index (κ2) is 6.79. The van der Waals surface area contributed by atoms with E-state index >= 15 is 0 Å². The summed E-state index contributed by atoms with van der Waals surface area (Å²) in [6.07, 6.45) is 3.99. The van der Waals surface area contributed by atoms with Gasteiger partial charge in [0, 0.05) is 30.5 Å². The number of hydrogen-bond donors (Lipinski definition) is 2. The van der Waals surface area contributed by atoms with Crippen molar-refractivity contribution in [1.82, 2.24) is 10.3 Å². The minimum Gasteiger partial charge on any atom is -0.383 e. The molecule has 1 amide bonds. The monoisotopic (exact) mass is 311 g/mol. The van der Waals surface area contributed by atoms with Crippen LogP contribution in [0.3, 0.4) is 0 Å². The van der Waals surface area contributed by atoms with Crippen molar-refractivity contribution in [2.24, 2.45) is 0 Å². The molecule has 5 heteroatoms. The van der Waals surface area contributed by atoms with Crippen molar-refractivity contribution >= 4 is 11.7 Å². The first-order valence-electron chi connectivity index (χ1n) is 7.86. The first kappa shape index (κ1) is 15.5. The van der Waals surface area contributed by atoms with Gasteiger partial charge in [-0.15, -0.1) is 0 Å². The number of carbonyl (C=O) groups excluding carboxylic acids is 1. The van der Waals surface area contributed by atoms with Gasteiger partial charge in [-0.05, 0) is 49.1 Å². The van der Waals surface area contributed by atoms with Crippen LogP contribution in [-0.2, 0) is 4.74 Å². The maximum Gasteiger partial charge on any atom is 0.251 e. The lowest BCUT2D eigenvalue weighted by Crippen LogP contribution is -2.31. The van der Waals surface area contributed by atoms with E-state index in [1.165, 1.54) is 0 Å². The van der Waals surface area contributed by atoms with Crippen LogP contribution in [0.4, 0.5) is 5.82 Å². The number of anilines is 1. The number of aryl methyl sites for hydroxylation is 1. The maximum atomic E-state index is 12.2. The van der Waals surface area contributed by atoms with E-state index in [9.17, 15) is 4.79 Å². The van der Waals surface area contributed by atoms with E-state index < -0.39 is 0 Å². The third-order valence-corrected chi connectivity index (χ3v) is 4.11. The van der Waals surface area contributed by atoms with Crippen LogP contribution < -0.4 is 11.1 Å². The SMILES string of the molecule is Cc1cc(-c2ccc(C(=O)NC[C@H]3CCCO3)cc2)cnc1N. The Labute approximate surface area is 135 Å². The van der Waals surface area contributed by atoms with Gasteiger partial charge >= 0.3 is 0 Å². The van der Waals surface area contributed by atoms with Crippen molar-refractivity contribution in [2.75, 3.05) is 18.9 Å². The number of nitrogens with zero attached hydrogens (tertiary/aromatic N) is 1. The minimum atomic E-state index is -0.0707. The van der Waals surface area contributed by atoms with E-state index in [0.717, 1.165) is 36.1 Å². The van der Waals surface area contributed by atoms with Crippen LogP contribution in [0.25, 0.3) is 11.1 Å². The zero-order chi connectivity index (χ0) is 16.2. The number of carbonyl (C=O) groups is 1. The average Bonchev–Trinajstić information content (AvgIpc) is 3.09. The summed E-state index contributed by atoms with van der Waals surface area (Å²) in [5, 5.41) is 2.92. The number of pyridine rings is 1. The third kappa shape index (κ3) is 3.68. The molecule has 1 aliphatic heterocycles. The molecule has 120 valence electrons. The van der Waals surface area contributed by atoms with Crippen molar-refractivity contribution in [1.29, 1.82) is 0 Å². The predicted octanol–water partition coefficient (Wildman–Crippen LogP) is 2.55. The van der Waals surface area contributed by atoms with Gasteiger partial charge in [0.1, 0.15) is 5.82 Å². The van der Waals surface area contributed by atoms with Gasteiger partial charge in [-0.2, -0.15) is 0 Å². The summed E-state index contributed by atoms with van der Waals surface area (Å²) < 4.78 is 5.51. The van der Waals surface area contributed by atoms with E-state index in [0.29, 0.717) is 17.9 Å². The highest BCUT2D eigenvalue weighted by atomic mass is 16.5. The summed E-state index contributed by atoms with van der Waals surface area (Å²) >= 11 is 0. The van der Waals surface area contributed by atoms with E-state index in [4.69, 9.17) is 10.5 Å². The van der Waals surface area contributed by atoms with E-state index in [1.807, 2.05) is 37.3 Å². The molecule has 1 fully saturated rings. The van der Waals surface area contributed by atoms with Gasteiger partial charge in [0.2, 0.25) is 0 Å². The molecule has 1 aromatic heterocycles. The van der Waals surface area contributed by atoms with Gasteiger partial charge in [0.15, 0.2) is 0 Å². The number of benzene rings is 1. The highest BCUT2D eigenvalue weighted by Crippen LogP contribution is 2.22. The topological polar surface area (TPSA) is 77.2 Å². The molecule has 2 heterocycles. The van der Waals surface area contributed by atoms with Crippen molar-refractivity contribution in [2.45, 2.75) is 25.9 Å².